The van der Waals surface area contributed by atoms with E-state index in [9.17, 15) is 4.79 Å². The first-order valence-electron chi connectivity index (χ1n) is 5.15. The summed E-state index contributed by atoms with van der Waals surface area (Å²) in [5.74, 6) is 0.0751. The third kappa shape index (κ3) is 2.65. The van der Waals surface area contributed by atoms with Gasteiger partial charge in [0.05, 0.1) is 0 Å². The molecule has 0 saturated carbocycles. The van der Waals surface area contributed by atoms with E-state index in [1.165, 1.54) is 12.8 Å². The molecule has 1 saturated heterocycles. The number of carbonyl (C=O) groups excluding carboxylic acids is 1. The molecule has 0 N–H and O–H groups in total. The van der Waals surface area contributed by atoms with Crippen molar-refractivity contribution in [3.8, 4) is 0 Å². The van der Waals surface area contributed by atoms with Crippen LogP contribution in [-0.2, 0) is 4.79 Å². The third-order valence-corrected chi connectivity index (χ3v) is 3.39. The summed E-state index contributed by atoms with van der Waals surface area (Å²) in [6, 6.07) is 0. The van der Waals surface area contributed by atoms with Gasteiger partial charge in [-0.2, -0.15) is 0 Å². The Morgan fingerprint density at radius 1 is 1.53 bits per heavy atom. The van der Waals surface area contributed by atoms with Gasteiger partial charge < -0.3 is 4.90 Å². The van der Waals surface area contributed by atoms with E-state index < -0.39 is 0 Å². The molecule has 1 aromatic rings. The minimum Gasteiger partial charge on any atom is -0.348 e. The van der Waals surface area contributed by atoms with E-state index in [2.05, 4.69) is 9.88 Å². The Morgan fingerprint density at radius 2 is 2.27 bits per heavy atom. The van der Waals surface area contributed by atoms with E-state index in [-0.39, 0.29) is 5.78 Å². The smallest absolute Gasteiger partial charge is 0.185 e. The number of rotatable bonds is 3. The molecule has 1 fully saturated rings. The van der Waals surface area contributed by atoms with Gasteiger partial charge in [0.25, 0.3) is 0 Å². The number of hydrogen-bond acceptors (Lipinski definition) is 4. The first-order valence-corrected chi connectivity index (χ1v) is 5.97. The summed E-state index contributed by atoms with van der Waals surface area (Å²) in [6.07, 6.45) is 7.77. The number of nitrogens with zero attached hydrogens (tertiary/aromatic N) is 2. The molecule has 0 bridgehead atoms. The summed E-state index contributed by atoms with van der Waals surface area (Å²) >= 11 is 1.65. The zero-order valence-corrected chi connectivity index (χ0v) is 9.59. The van der Waals surface area contributed by atoms with Crippen LogP contribution in [0.1, 0.15) is 24.6 Å². The minimum atomic E-state index is 0.0751. The van der Waals surface area contributed by atoms with Crippen LogP contribution < -0.4 is 4.90 Å². The lowest BCUT2D eigenvalue weighted by molar-refractivity contribution is -0.112. The molecule has 0 aliphatic carbocycles. The van der Waals surface area contributed by atoms with Crippen molar-refractivity contribution in [2.45, 2.75) is 19.8 Å². The fraction of sp³-hybridized carbons (Fsp3) is 0.455. The molecule has 0 radical (unpaired) electrons. The highest BCUT2D eigenvalue weighted by molar-refractivity contribution is 7.16. The third-order valence-electron chi connectivity index (χ3n) is 2.37. The minimum absolute atomic E-state index is 0.0751. The molecule has 0 atom stereocenters. The average Bonchev–Trinajstić information content (AvgIpc) is 2.85. The molecule has 4 heteroatoms. The Balaban J connectivity index is 2.06. The van der Waals surface area contributed by atoms with E-state index >= 15 is 0 Å². The van der Waals surface area contributed by atoms with E-state index in [1.54, 1.807) is 24.3 Å². The molecule has 0 spiro atoms. The quantitative estimate of drug-likeness (QED) is 0.736. The van der Waals surface area contributed by atoms with Gasteiger partial charge in [-0.05, 0) is 31.9 Å². The van der Waals surface area contributed by atoms with Gasteiger partial charge in [0.1, 0.15) is 0 Å². The summed E-state index contributed by atoms with van der Waals surface area (Å²) in [5.41, 5.74) is 0. The van der Waals surface area contributed by atoms with Crippen molar-refractivity contribution in [3.63, 3.8) is 0 Å². The molecular weight excluding hydrogens is 208 g/mol. The second-order valence-electron chi connectivity index (χ2n) is 3.68. The van der Waals surface area contributed by atoms with E-state index in [1.807, 2.05) is 12.3 Å². The molecular formula is C11H14N2OS. The van der Waals surface area contributed by atoms with Crippen molar-refractivity contribution in [3.05, 3.63) is 17.2 Å². The predicted molar refractivity (Wildman–Crippen MR) is 63.3 cm³/mol. The number of ketones is 1. The maximum atomic E-state index is 10.8. The fourth-order valence-corrected chi connectivity index (χ4v) is 2.48. The Bertz CT molecular complexity index is 378. The monoisotopic (exact) mass is 222 g/mol. The van der Waals surface area contributed by atoms with Crippen molar-refractivity contribution < 1.29 is 4.79 Å². The Morgan fingerprint density at radius 3 is 2.93 bits per heavy atom. The first kappa shape index (κ1) is 10.4. The summed E-state index contributed by atoms with van der Waals surface area (Å²) < 4.78 is 0. The standard InChI is InChI=1S/C11H14N2OS/c1-9(14)4-5-10-8-12-11(15-10)13-6-2-3-7-13/h4-5,8H,2-3,6-7H2,1H3. The molecule has 1 aromatic heterocycles. The lowest BCUT2D eigenvalue weighted by Crippen LogP contribution is -2.16. The fourth-order valence-electron chi connectivity index (χ4n) is 1.61. The summed E-state index contributed by atoms with van der Waals surface area (Å²) in [7, 11) is 0. The summed E-state index contributed by atoms with van der Waals surface area (Å²) in [6.45, 7) is 3.78. The Kier molecular flexibility index (Phi) is 3.16. The van der Waals surface area contributed by atoms with Crippen LogP contribution in [-0.4, -0.2) is 23.9 Å². The molecule has 0 aromatic carbocycles. The summed E-state index contributed by atoms with van der Waals surface area (Å²) in [4.78, 5) is 18.5. The van der Waals surface area contributed by atoms with E-state index in [0.29, 0.717) is 0 Å². The molecule has 2 rings (SSSR count). The second-order valence-corrected chi connectivity index (χ2v) is 4.72. The number of aromatic nitrogens is 1. The van der Waals surface area contributed by atoms with Crippen molar-refractivity contribution in [1.29, 1.82) is 0 Å². The van der Waals surface area contributed by atoms with Gasteiger partial charge in [0.15, 0.2) is 10.9 Å². The zero-order valence-electron chi connectivity index (χ0n) is 8.77. The topological polar surface area (TPSA) is 33.2 Å². The number of hydrogen-bond donors (Lipinski definition) is 0. The Hall–Kier alpha value is -1.16. The van der Waals surface area contributed by atoms with Gasteiger partial charge in [-0.3, -0.25) is 4.79 Å². The van der Waals surface area contributed by atoms with Gasteiger partial charge in [0.2, 0.25) is 0 Å². The second kappa shape index (κ2) is 4.57. The van der Waals surface area contributed by atoms with Crippen LogP contribution in [0.2, 0.25) is 0 Å². The number of anilines is 1. The normalized spacial score (nSPS) is 16.5. The van der Waals surface area contributed by atoms with Gasteiger partial charge in [-0.25, -0.2) is 4.98 Å². The van der Waals surface area contributed by atoms with Crippen LogP contribution in [0.3, 0.4) is 0 Å². The zero-order chi connectivity index (χ0) is 10.7. The van der Waals surface area contributed by atoms with Crippen LogP contribution in [0.5, 0.6) is 0 Å². The van der Waals surface area contributed by atoms with E-state index in [0.717, 1.165) is 23.1 Å². The number of carbonyl (C=O) groups is 1. The SMILES string of the molecule is CC(=O)C=Cc1cnc(N2CCCC2)s1. The molecule has 1 aliphatic heterocycles. The summed E-state index contributed by atoms with van der Waals surface area (Å²) in [5, 5.41) is 1.08. The van der Waals surface area contributed by atoms with Crippen LogP contribution in [0, 0.1) is 0 Å². The van der Waals surface area contributed by atoms with Gasteiger partial charge >= 0.3 is 0 Å². The van der Waals surface area contributed by atoms with Gasteiger partial charge in [-0.15, -0.1) is 0 Å². The maximum Gasteiger partial charge on any atom is 0.185 e. The highest BCUT2D eigenvalue weighted by Crippen LogP contribution is 2.26. The molecule has 1 aliphatic rings. The van der Waals surface area contributed by atoms with Crippen LogP contribution in [0.25, 0.3) is 6.08 Å². The molecule has 0 amide bonds. The maximum absolute atomic E-state index is 10.8. The van der Waals surface area contributed by atoms with Crippen molar-refractivity contribution in [2.24, 2.45) is 0 Å². The van der Waals surface area contributed by atoms with Gasteiger partial charge in [-0.1, -0.05) is 11.3 Å². The number of allylic oxidation sites excluding steroid dienone is 1. The number of thiazole rings is 1. The molecule has 0 unspecified atom stereocenters. The lowest BCUT2D eigenvalue weighted by atomic mass is 10.4. The van der Waals surface area contributed by atoms with Crippen LogP contribution in [0.4, 0.5) is 5.13 Å². The molecule has 2 heterocycles. The van der Waals surface area contributed by atoms with Crippen molar-refractivity contribution in [1.82, 2.24) is 4.98 Å². The molecule has 80 valence electrons. The average molecular weight is 222 g/mol. The van der Waals surface area contributed by atoms with Crippen molar-refractivity contribution in [2.75, 3.05) is 18.0 Å². The van der Waals surface area contributed by atoms with E-state index in [4.69, 9.17) is 0 Å². The lowest BCUT2D eigenvalue weighted by Gasteiger charge is -2.11. The predicted octanol–water partition coefficient (Wildman–Crippen LogP) is 2.35. The van der Waals surface area contributed by atoms with Gasteiger partial charge in [0, 0.05) is 24.2 Å². The van der Waals surface area contributed by atoms with Crippen LogP contribution >= 0.6 is 11.3 Å². The molecule has 15 heavy (non-hydrogen) atoms. The first-order chi connectivity index (χ1) is 7.25. The van der Waals surface area contributed by atoms with Crippen LogP contribution in [0.15, 0.2) is 12.3 Å². The van der Waals surface area contributed by atoms with Crippen molar-refractivity contribution >= 4 is 28.3 Å². The highest BCUT2D eigenvalue weighted by Gasteiger charge is 2.14. The molecule has 3 nitrogen and oxygen atoms in total. The Labute approximate surface area is 93.4 Å². The largest absolute Gasteiger partial charge is 0.348 e. The highest BCUT2D eigenvalue weighted by atomic mass is 32.1.